The fraction of sp³-hybridized carbons (Fsp3) is 0.533. The van der Waals surface area contributed by atoms with E-state index < -0.39 is 17.2 Å². The van der Waals surface area contributed by atoms with Gasteiger partial charge in [-0.1, -0.05) is 49.6 Å². The molecule has 1 heterocycles. The molecule has 2 aliphatic rings. The van der Waals surface area contributed by atoms with Crippen LogP contribution in [0, 0.1) is 0 Å². The number of ether oxygens (including phenoxy) is 2. The van der Waals surface area contributed by atoms with Crippen molar-refractivity contribution >= 4 is 5.97 Å². The maximum Gasteiger partial charge on any atom is 0.348 e. The zero-order chi connectivity index (χ0) is 13.3. The smallest absolute Gasteiger partial charge is 0.348 e. The van der Waals surface area contributed by atoms with Crippen molar-refractivity contribution in [2.45, 2.75) is 43.3 Å². The zero-order valence-electron chi connectivity index (χ0n) is 10.8. The molecule has 3 rings (SSSR count). The first-order valence-corrected chi connectivity index (χ1v) is 6.78. The van der Waals surface area contributed by atoms with E-state index in [0.717, 1.165) is 19.3 Å². The van der Waals surface area contributed by atoms with Gasteiger partial charge < -0.3 is 14.6 Å². The molecular formula is C15H18O4. The number of carbonyl (C=O) groups is 1. The van der Waals surface area contributed by atoms with E-state index >= 15 is 0 Å². The van der Waals surface area contributed by atoms with Gasteiger partial charge >= 0.3 is 5.97 Å². The monoisotopic (exact) mass is 262 g/mol. The predicted octanol–water partition coefficient (Wildman–Crippen LogP) is 2.11. The van der Waals surface area contributed by atoms with Gasteiger partial charge in [-0.25, -0.2) is 4.79 Å². The van der Waals surface area contributed by atoms with Gasteiger partial charge in [0.25, 0.3) is 0 Å². The molecule has 4 nitrogen and oxygen atoms in total. The SMILES string of the molecule is O=C1OCOC1(c1ccccc1)C1(O)CCCCC1. The van der Waals surface area contributed by atoms with Crippen molar-refractivity contribution in [2.24, 2.45) is 0 Å². The lowest BCUT2D eigenvalue weighted by molar-refractivity contribution is -0.186. The third-order valence-corrected chi connectivity index (χ3v) is 4.27. The minimum atomic E-state index is -1.35. The van der Waals surface area contributed by atoms with E-state index in [9.17, 15) is 9.90 Å². The van der Waals surface area contributed by atoms with Gasteiger partial charge in [-0.15, -0.1) is 0 Å². The summed E-state index contributed by atoms with van der Waals surface area (Å²) in [5, 5.41) is 11.0. The molecule has 2 fully saturated rings. The van der Waals surface area contributed by atoms with E-state index in [1.165, 1.54) is 0 Å². The second kappa shape index (κ2) is 4.62. The quantitative estimate of drug-likeness (QED) is 0.829. The van der Waals surface area contributed by atoms with Crippen LogP contribution in [0.15, 0.2) is 30.3 Å². The van der Waals surface area contributed by atoms with Gasteiger partial charge in [-0.2, -0.15) is 0 Å². The van der Waals surface area contributed by atoms with Gasteiger partial charge in [-0.3, -0.25) is 0 Å². The predicted molar refractivity (Wildman–Crippen MR) is 68.2 cm³/mol. The first-order valence-electron chi connectivity index (χ1n) is 6.78. The Hall–Kier alpha value is -1.39. The van der Waals surface area contributed by atoms with Crippen LogP contribution in [0.3, 0.4) is 0 Å². The highest BCUT2D eigenvalue weighted by Gasteiger charge is 2.62. The highest BCUT2D eigenvalue weighted by atomic mass is 16.7. The summed E-state index contributed by atoms with van der Waals surface area (Å²) >= 11 is 0. The van der Waals surface area contributed by atoms with Crippen LogP contribution in [-0.4, -0.2) is 23.5 Å². The molecular weight excluding hydrogens is 244 g/mol. The number of carbonyl (C=O) groups excluding carboxylic acids is 1. The minimum Gasteiger partial charge on any atom is -0.436 e. The lowest BCUT2D eigenvalue weighted by Gasteiger charge is -2.43. The molecule has 1 atom stereocenters. The standard InChI is InChI=1S/C15H18O4/c16-13-15(19-11-18-13,12-7-3-1-4-8-12)14(17)9-5-2-6-10-14/h1,3-4,7-8,17H,2,5-6,9-11H2. The molecule has 1 aliphatic heterocycles. The van der Waals surface area contributed by atoms with Crippen molar-refractivity contribution in [3.05, 3.63) is 35.9 Å². The Labute approximate surface area is 112 Å². The van der Waals surface area contributed by atoms with Gasteiger partial charge in [0.05, 0.1) is 0 Å². The molecule has 1 N–H and O–H groups in total. The first kappa shape index (κ1) is 12.6. The molecule has 1 aliphatic carbocycles. The van der Waals surface area contributed by atoms with Crippen molar-refractivity contribution in [1.29, 1.82) is 0 Å². The second-order valence-electron chi connectivity index (χ2n) is 5.33. The number of benzene rings is 1. The largest absolute Gasteiger partial charge is 0.436 e. The van der Waals surface area contributed by atoms with Crippen molar-refractivity contribution in [3.63, 3.8) is 0 Å². The average Bonchev–Trinajstić information content (AvgIpc) is 2.84. The van der Waals surface area contributed by atoms with E-state index in [-0.39, 0.29) is 6.79 Å². The average molecular weight is 262 g/mol. The van der Waals surface area contributed by atoms with Crippen LogP contribution in [0.2, 0.25) is 0 Å². The molecule has 0 spiro atoms. The van der Waals surface area contributed by atoms with Crippen LogP contribution >= 0.6 is 0 Å². The lowest BCUT2D eigenvalue weighted by atomic mass is 9.69. The Balaban J connectivity index is 2.10. The van der Waals surface area contributed by atoms with E-state index in [1.807, 2.05) is 30.3 Å². The summed E-state index contributed by atoms with van der Waals surface area (Å²) in [5.74, 6) is -0.469. The highest BCUT2D eigenvalue weighted by molar-refractivity contribution is 5.84. The molecule has 19 heavy (non-hydrogen) atoms. The molecule has 0 amide bonds. The maximum absolute atomic E-state index is 12.3. The van der Waals surface area contributed by atoms with Crippen LogP contribution < -0.4 is 0 Å². The van der Waals surface area contributed by atoms with Crippen LogP contribution in [0.1, 0.15) is 37.7 Å². The summed E-state index contributed by atoms with van der Waals surface area (Å²) < 4.78 is 10.7. The van der Waals surface area contributed by atoms with Crippen LogP contribution in [-0.2, 0) is 19.9 Å². The number of aliphatic hydroxyl groups is 1. The number of hydrogen-bond acceptors (Lipinski definition) is 4. The van der Waals surface area contributed by atoms with Gasteiger partial charge in [0.1, 0.15) is 5.60 Å². The molecule has 4 heteroatoms. The molecule has 0 aromatic heterocycles. The molecule has 1 aromatic rings. The summed E-state index contributed by atoms with van der Waals surface area (Å²) in [7, 11) is 0. The van der Waals surface area contributed by atoms with Gasteiger partial charge in [0.15, 0.2) is 6.79 Å². The van der Waals surface area contributed by atoms with E-state index in [0.29, 0.717) is 18.4 Å². The van der Waals surface area contributed by atoms with E-state index in [2.05, 4.69) is 0 Å². The van der Waals surface area contributed by atoms with Gasteiger partial charge in [0.2, 0.25) is 5.60 Å². The first-order chi connectivity index (χ1) is 9.19. The molecule has 102 valence electrons. The number of rotatable bonds is 2. The second-order valence-corrected chi connectivity index (χ2v) is 5.33. The van der Waals surface area contributed by atoms with Crippen molar-refractivity contribution in [2.75, 3.05) is 6.79 Å². The summed E-state index contributed by atoms with van der Waals surface area (Å²) in [4.78, 5) is 12.3. The van der Waals surface area contributed by atoms with Crippen LogP contribution in [0.4, 0.5) is 0 Å². The Bertz CT molecular complexity index is 464. The number of cyclic esters (lactones) is 1. The summed E-state index contributed by atoms with van der Waals surface area (Å²) in [6.45, 7) is -0.0873. The summed E-state index contributed by atoms with van der Waals surface area (Å²) in [5.41, 5.74) is -1.84. The van der Waals surface area contributed by atoms with E-state index in [1.54, 1.807) is 0 Å². The molecule has 1 saturated carbocycles. The third kappa shape index (κ3) is 1.78. The molecule has 0 bridgehead atoms. The Morgan fingerprint density at radius 1 is 1.05 bits per heavy atom. The number of esters is 1. The maximum atomic E-state index is 12.3. The van der Waals surface area contributed by atoms with Crippen molar-refractivity contribution in [3.8, 4) is 0 Å². The lowest BCUT2D eigenvalue weighted by Crippen LogP contribution is -2.56. The summed E-state index contributed by atoms with van der Waals surface area (Å²) in [6, 6.07) is 9.21. The minimum absolute atomic E-state index is 0.0873. The Morgan fingerprint density at radius 2 is 1.74 bits per heavy atom. The summed E-state index contributed by atoms with van der Waals surface area (Å²) in [6.07, 6.45) is 4.03. The Morgan fingerprint density at radius 3 is 2.32 bits per heavy atom. The molecule has 1 aromatic carbocycles. The normalized spacial score (nSPS) is 30.1. The molecule has 1 unspecified atom stereocenters. The van der Waals surface area contributed by atoms with Gasteiger partial charge in [0, 0.05) is 0 Å². The fourth-order valence-electron chi connectivity index (χ4n) is 3.29. The van der Waals surface area contributed by atoms with Crippen molar-refractivity contribution in [1.82, 2.24) is 0 Å². The topological polar surface area (TPSA) is 55.8 Å². The van der Waals surface area contributed by atoms with Crippen LogP contribution in [0.25, 0.3) is 0 Å². The van der Waals surface area contributed by atoms with E-state index in [4.69, 9.17) is 9.47 Å². The third-order valence-electron chi connectivity index (χ3n) is 4.27. The number of hydrogen-bond donors (Lipinski definition) is 1. The fourth-order valence-corrected chi connectivity index (χ4v) is 3.29. The van der Waals surface area contributed by atoms with Crippen LogP contribution in [0.5, 0.6) is 0 Å². The molecule has 0 radical (unpaired) electrons. The van der Waals surface area contributed by atoms with Gasteiger partial charge in [-0.05, 0) is 18.4 Å². The highest BCUT2D eigenvalue weighted by Crippen LogP contribution is 2.48. The molecule has 1 saturated heterocycles. The zero-order valence-corrected chi connectivity index (χ0v) is 10.8. The van der Waals surface area contributed by atoms with Crippen molar-refractivity contribution < 1.29 is 19.4 Å². The Kier molecular flexibility index (Phi) is 3.07.